The van der Waals surface area contributed by atoms with Crippen LogP contribution in [0.4, 0.5) is 0 Å². The highest BCUT2D eigenvalue weighted by molar-refractivity contribution is 7.09. The number of nitrogens with one attached hydrogen (secondary N) is 1. The van der Waals surface area contributed by atoms with Gasteiger partial charge in [-0.15, -0.1) is 11.3 Å². The van der Waals surface area contributed by atoms with Gasteiger partial charge in [-0.05, 0) is 25.3 Å². The fraction of sp³-hybridized carbons (Fsp3) is 0.800. The SMILES string of the molecule is CCN(Cc1csc(CNC(C)C)n1)CC1CCC1. The lowest BCUT2D eigenvalue weighted by Gasteiger charge is -2.31. The maximum absolute atomic E-state index is 4.74. The molecule has 4 heteroatoms. The van der Waals surface area contributed by atoms with Gasteiger partial charge in [0.25, 0.3) is 0 Å². The molecule has 1 heterocycles. The molecule has 3 nitrogen and oxygen atoms in total. The van der Waals surface area contributed by atoms with Crippen molar-refractivity contribution in [2.75, 3.05) is 13.1 Å². The molecule has 1 saturated carbocycles. The molecule has 108 valence electrons. The largest absolute Gasteiger partial charge is 0.308 e. The zero-order valence-corrected chi connectivity index (χ0v) is 13.3. The van der Waals surface area contributed by atoms with E-state index in [4.69, 9.17) is 4.98 Å². The summed E-state index contributed by atoms with van der Waals surface area (Å²) in [5.41, 5.74) is 1.24. The molecule has 0 aromatic carbocycles. The standard InChI is InChI=1S/C15H27N3S/c1-4-18(9-13-6-5-7-13)10-14-11-19-15(17-14)8-16-12(2)3/h11-13,16H,4-10H2,1-3H3. The molecule has 1 aliphatic rings. The Hall–Kier alpha value is -0.450. The fourth-order valence-electron chi connectivity index (χ4n) is 2.37. The number of hydrogen-bond acceptors (Lipinski definition) is 4. The van der Waals surface area contributed by atoms with Crippen molar-refractivity contribution >= 4 is 11.3 Å². The summed E-state index contributed by atoms with van der Waals surface area (Å²) in [6.45, 7) is 10.9. The predicted molar refractivity (Wildman–Crippen MR) is 82.4 cm³/mol. The molecular weight excluding hydrogens is 254 g/mol. The summed E-state index contributed by atoms with van der Waals surface area (Å²) < 4.78 is 0. The van der Waals surface area contributed by atoms with Crippen molar-refractivity contribution in [2.45, 2.75) is 59.2 Å². The molecule has 0 bridgehead atoms. The number of nitrogens with zero attached hydrogens (tertiary/aromatic N) is 2. The van der Waals surface area contributed by atoms with E-state index in [-0.39, 0.29) is 0 Å². The molecule has 0 saturated heterocycles. The third kappa shape index (κ3) is 4.86. The molecular formula is C15H27N3S. The first-order chi connectivity index (χ1) is 9.17. The molecule has 0 aliphatic heterocycles. The molecule has 1 fully saturated rings. The molecule has 1 aromatic heterocycles. The van der Waals surface area contributed by atoms with Crippen LogP contribution in [0.25, 0.3) is 0 Å². The molecule has 2 rings (SSSR count). The maximum atomic E-state index is 4.74. The van der Waals surface area contributed by atoms with Crippen LogP contribution in [0.1, 0.15) is 50.7 Å². The second-order valence-electron chi connectivity index (χ2n) is 5.89. The number of thiazole rings is 1. The van der Waals surface area contributed by atoms with E-state index in [0.29, 0.717) is 6.04 Å². The van der Waals surface area contributed by atoms with E-state index >= 15 is 0 Å². The minimum absolute atomic E-state index is 0.526. The minimum Gasteiger partial charge on any atom is -0.308 e. The quantitative estimate of drug-likeness (QED) is 0.793. The van der Waals surface area contributed by atoms with Crippen LogP contribution in [-0.4, -0.2) is 29.0 Å². The average molecular weight is 281 g/mol. The fourth-order valence-corrected chi connectivity index (χ4v) is 3.11. The zero-order valence-electron chi connectivity index (χ0n) is 12.5. The van der Waals surface area contributed by atoms with Crippen LogP contribution in [0.3, 0.4) is 0 Å². The topological polar surface area (TPSA) is 28.2 Å². The van der Waals surface area contributed by atoms with Gasteiger partial charge in [-0.1, -0.05) is 27.2 Å². The summed E-state index contributed by atoms with van der Waals surface area (Å²) in [4.78, 5) is 7.28. The third-order valence-corrected chi connectivity index (χ3v) is 4.73. The molecule has 1 N–H and O–H groups in total. The molecule has 1 aromatic rings. The smallest absolute Gasteiger partial charge is 0.107 e. The van der Waals surface area contributed by atoms with Crippen molar-refractivity contribution in [3.05, 3.63) is 16.1 Å². The van der Waals surface area contributed by atoms with E-state index < -0.39 is 0 Å². The molecule has 0 spiro atoms. The van der Waals surface area contributed by atoms with E-state index in [2.05, 4.69) is 36.4 Å². The minimum atomic E-state index is 0.526. The first-order valence-electron chi connectivity index (χ1n) is 7.56. The van der Waals surface area contributed by atoms with Crippen molar-refractivity contribution < 1.29 is 0 Å². The van der Waals surface area contributed by atoms with Gasteiger partial charge in [0.2, 0.25) is 0 Å². The van der Waals surface area contributed by atoms with Gasteiger partial charge in [0, 0.05) is 31.1 Å². The predicted octanol–water partition coefficient (Wildman–Crippen LogP) is 3.26. The Morgan fingerprint density at radius 1 is 1.47 bits per heavy atom. The highest BCUT2D eigenvalue weighted by Crippen LogP contribution is 2.27. The van der Waals surface area contributed by atoms with E-state index in [9.17, 15) is 0 Å². The summed E-state index contributed by atoms with van der Waals surface area (Å²) >= 11 is 1.78. The Morgan fingerprint density at radius 3 is 2.84 bits per heavy atom. The second kappa shape index (κ2) is 7.36. The first kappa shape index (κ1) is 14.9. The third-order valence-electron chi connectivity index (χ3n) is 3.83. The summed E-state index contributed by atoms with van der Waals surface area (Å²) in [5, 5.41) is 6.86. The van der Waals surface area contributed by atoms with Crippen LogP contribution in [0.15, 0.2) is 5.38 Å². The van der Waals surface area contributed by atoms with Gasteiger partial charge in [0.15, 0.2) is 0 Å². The van der Waals surface area contributed by atoms with Gasteiger partial charge >= 0.3 is 0 Å². The van der Waals surface area contributed by atoms with Gasteiger partial charge in [-0.2, -0.15) is 0 Å². The molecule has 0 atom stereocenters. The highest BCUT2D eigenvalue weighted by Gasteiger charge is 2.20. The van der Waals surface area contributed by atoms with Crippen molar-refractivity contribution in [2.24, 2.45) is 5.92 Å². The Balaban J connectivity index is 1.79. The Kier molecular flexibility index (Phi) is 5.79. The van der Waals surface area contributed by atoms with Crippen LogP contribution in [0, 0.1) is 5.92 Å². The zero-order chi connectivity index (χ0) is 13.7. The van der Waals surface area contributed by atoms with E-state index in [0.717, 1.165) is 25.6 Å². The van der Waals surface area contributed by atoms with Crippen LogP contribution in [-0.2, 0) is 13.1 Å². The van der Waals surface area contributed by atoms with E-state index in [1.165, 1.54) is 36.5 Å². The number of aromatic nitrogens is 1. The Morgan fingerprint density at radius 2 is 2.26 bits per heavy atom. The second-order valence-corrected chi connectivity index (χ2v) is 6.84. The lowest BCUT2D eigenvalue weighted by molar-refractivity contribution is 0.177. The highest BCUT2D eigenvalue weighted by atomic mass is 32.1. The average Bonchev–Trinajstić information content (AvgIpc) is 2.77. The summed E-state index contributed by atoms with van der Waals surface area (Å²) in [6, 6.07) is 0.526. The van der Waals surface area contributed by atoms with Crippen molar-refractivity contribution in [3.8, 4) is 0 Å². The monoisotopic (exact) mass is 281 g/mol. The van der Waals surface area contributed by atoms with Gasteiger partial charge in [0.05, 0.1) is 5.69 Å². The number of hydrogen-bond donors (Lipinski definition) is 1. The van der Waals surface area contributed by atoms with Crippen molar-refractivity contribution in [3.63, 3.8) is 0 Å². The molecule has 1 aliphatic carbocycles. The van der Waals surface area contributed by atoms with E-state index in [1.807, 2.05) is 0 Å². The molecule has 0 unspecified atom stereocenters. The molecule has 0 radical (unpaired) electrons. The van der Waals surface area contributed by atoms with Gasteiger partial charge in [0.1, 0.15) is 5.01 Å². The first-order valence-corrected chi connectivity index (χ1v) is 8.44. The normalized spacial score (nSPS) is 16.3. The van der Waals surface area contributed by atoms with Gasteiger partial charge in [-0.3, -0.25) is 4.90 Å². The lowest BCUT2D eigenvalue weighted by Crippen LogP contribution is -2.32. The van der Waals surface area contributed by atoms with Crippen LogP contribution in [0.2, 0.25) is 0 Å². The molecule has 0 amide bonds. The number of rotatable bonds is 8. The summed E-state index contributed by atoms with van der Waals surface area (Å²) in [7, 11) is 0. The van der Waals surface area contributed by atoms with Crippen LogP contribution in [0.5, 0.6) is 0 Å². The molecule has 19 heavy (non-hydrogen) atoms. The van der Waals surface area contributed by atoms with Gasteiger partial charge < -0.3 is 5.32 Å². The van der Waals surface area contributed by atoms with Crippen LogP contribution >= 0.6 is 11.3 Å². The van der Waals surface area contributed by atoms with E-state index in [1.54, 1.807) is 11.3 Å². The summed E-state index contributed by atoms with van der Waals surface area (Å²) in [6.07, 6.45) is 4.29. The van der Waals surface area contributed by atoms with Crippen molar-refractivity contribution in [1.29, 1.82) is 0 Å². The lowest BCUT2D eigenvalue weighted by atomic mass is 9.85. The summed E-state index contributed by atoms with van der Waals surface area (Å²) in [5.74, 6) is 0.945. The van der Waals surface area contributed by atoms with Gasteiger partial charge in [-0.25, -0.2) is 4.98 Å². The maximum Gasteiger partial charge on any atom is 0.107 e. The Labute approximate surface area is 121 Å². The van der Waals surface area contributed by atoms with Crippen molar-refractivity contribution in [1.82, 2.24) is 15.2 Å². The van der Waals surface area contributed by atoms with Crippen LogP contribution < -0.4 is 5.32 Å². The Bertz CT molecular complexity index is 371.